The van der Waals surface area contributed by atoms with Crippen LogP contribution in [0.4, 0.5) is 5.69 Å². The first kappa shape index (κ1) is 14.5. The number of ether oxygens (including phenoxy) is 1. The molecule has 1 amide bonds. The summed E-state index contributed by atoms with van der Waals surface area (Å²) in [7, 11) is 0. The van der Waals surface area contributed by atoms with E-state index in [2.05, 4.69) is 10.3 Å². The van der Waals surface area contributed by atoms with Gasteiger partial charge in [0.1, 0.15) is 12.4 Å². The summed E-state index contributed by atoms with van der Waals surface area (Å²) >= 11 is 1.54. The second-order valence-corrected chi connectivity index (χ2v) is 4.91. The van der Waals surface area contributed by atoms with Gasteiger partial charge >= 0.3 is 0 Å². The standard InChI is InChI=1S/C14H17N3O2S/c15-7-8-19-13-4-1-11(2-5-13)17-14(18)6-3-12-9-20-10-16-12/h1-2,4-5,9-10H,3,6-8,15H2,(H,17,18). The van der Waals surface area contributed by atoms with E-state index in [4.69, 9.17) is 10.5 Å². The summed E-state index contributed by atoms with van der Waals surface area (Å²) in [6.45, 7) is 0.967. The van der Waals surface area contributed by atoms with Crippen LogP contribution in [-0.2, 0) is 11.2 Å². The highest BCUT2D eigenvalue weighted by atomic mass is 32.1. The highest BCUT2D eigenvalue weighted by Crippen LogP contribution is 2.16. The maximum atomic E-state index is 11.8. The second-order valence-electron chi connectivity index (χ2n) is 4.19. The smallest absolute Gasteiger partial charge is 0.224 e. The summed E-state index contributed by atoms with van der Waals surface area (Å²) < 4.78 is 5.37. The van der Waals surface area contributed by atoms with Crippen LogP contribution in [0.25, 0.3) is 0 Å². The third kappa shape index (κ3) is 4.64. The molecule has 0 spiro atoms. The molecule has 3 N–H and O–H groups in total. The fourth-order valence-electron chi connectivity index (χ4n) is 1.64. The second kappa shape index (κ2) is 7.62. The number of hydrogen-bond donors (Lipinski definition) is 2. The molecule has 1 aromatic heterocycles. The van der Waals surface area contributed by atoms with Crippen molar-refractivity contribution in [3.05, 3.63) is 40.8 Å². The molecule has 0 aliphatic carbocycles. The Morgan fingerprint density at radius 3 is 2.80 bits per heavy atom. The topological polar surface area (TPSA) is 77.2 Å². The zero-order valence-electron chi connectivity index (χ0n) is 11.0. The van der Waals surface area contributed by atoms with Gasteiger partial charge in [-0.3, -0.25) is 4.79 Å². The summed E-state index contributed by atoms with van der Waals surface area (Å²) in [5.41, 5.74) is 8.84. The number of aryl methyl sites for hydroxylation is 1. The van der Waals surface area contributed by atoms with Crippen molar-refractivity contribution < 1.29 is 9.53 Å². The van der Waals surface area contributed by atoms with Gasteiger partial charge in [0.25, 0.3) is 0 Å². The van der Waals surface area contributed by atoms with E-state index >= 15 is 0 Å². The van der Waals surface area contributed by atoms with Crippen LogP contribution in [-0.4, -0.2) is 24.0 Å². The molecular weight excluding hydrogens is 274 g/mol. The Hall–Kier alpha value is -1.92. The molecule has 0 aliphatic heterocycles. The number of anilines is 1. The van der Waals surface area contributed by atoms with Crippen molar-refractivity contribution in [2.45, 2.75) is 12.8 Å². The van der Waals surface area contributed by atoms with Crippen LogP contribution < -0.4 is 15.8 Å². The van der Waals surface area contributed by atoms with E-state index in [1.54, 1.807) is 5.51 Å². The van der Waals surface area contributed by atoms with Crippen LogP contribution in [0.1, 0.15) is 12.1 Å². The Balaban J connectivity index is 1.78. The van der Waals surface area contributed by atoms with Gasteiger partial charge in [-0.15, -0.1) is 11.3 Å². The molecule has 1 heterocycles. The van der Waals surface area contributed by atoms with E-state index in [1.807, 2.05) is 29.6 Å². The van der Waals surface area contributed by atoms with Crippen LogP contribution in [0.3, 0.4) is 0 Å². The molecule has 0 radical (unpaired) electrons. The largest absolute Gasteiger partial charge is 0.492 e. The van der Waals surface area contributed by atoms with E-state index in [9.17, 15) is 4.79 Å². The minimum atomic E-state index is -0.0198. The van der Waals surface area contributed by atoms with Crippen molar-refractivity contribution in [2.75, 3.05) is 18.5 Å². The van der Waals surface area contributed by atoms with Gasteiger partial charge in [0.15, 0.2) is 0 Å². The van der Waals surface area contributed by atoms with Gasteiger partial charge in [-0.2, -0.15) is 0 Å². The minimum Gasteiger partial charge on any atom is -0.492 e. The summed E-state index contributed by atoms with van der Waals surface area (Å²) in [6.07, 6.45) is 1.09. The Bertz CT molecular complexity index is 526. The predicted molar refractivity (Wildman–Crippen MR) is 80.1 cm³/mol. The van der Waals surface area contributed by atoms with Gasteiger partial charge < -0.3 is 15.8 Å². The van der Waals surface area contributed by atoms with E-state index in [0.29, 0.717) is 26.0 Å². The van der Waals surface area contributed by atoms with Crippen LogP contribution in [0.5, 0.6) is 5.75 Å². The monoisotopic (exact) mass is 291 g/mol. The molecule has 0 aliphatic rings. The summed E-state index contributed by atoms with van der Waals surface area (Å²) in [5, 5.41) is 4.80. The number of rotatable bonds is 7. The molecule has 0 unspecified atom stereocenters. The van der Waals surface area contributed by atoms with Crippen molar-refractivity contribution in [1.29, 1.82) is 0 Å². The third-order valence-electron chi connectivity index (χ3n) is 2.62. The van der Waals surface area contributed by atoms with Gasteiger partial charge in [-0.1, -0.05) is 0 Å². The lowest BCUT2D eigenvalue weighted by atomic mass is 10.2. The number of nitrogens with one attached hydrogen (secondary N) is 1. The van der Waals surface area contributed by atoms with Gasteiger partial charge in [0.2, 0.25) is 5.91 Å². The molecule has 1 aromatic carbocycles. The number of carbonyl (C=O) groups excluding carboxylic acids is 1. The van der Waals surface area contributed by atoms with Crippen molar-refractivity contribution in [2.24, 2.45) is 5.73 Å². The lowest BCUT2D eigenvalue weighted by Gasteiger charge is -2.07. The number of aromatic nitrogens is 1. The van der Waals surface area contributed by atoms with Gasteiger partial charge in [-0.25, -0.2) is 4.98 Å². The normalized spacial score (nSPS) is 10.2. The Morgan fingerprint density at radius 1 is 1.35 bits per heavy atom. The van der Waals surface area contributed by atoms with E-state index < -0.39 is 0 Å². The average molecular weight is 291 g/mol. The first-order valence-corrected chi connectivity index (χ1v) is 7.32. The Morgan fingerprint density at radius 2 is 2.15 bits per heavy atom. The van der Waals surface area contributed by atoms with E-state index in [1.165, 1.54) is 11.3 Å². The molecule has 0 atom stereocenters. The van der Waals surface area contributed by atoms with Gasteiger partial charge in [0, 0.05) is 24.0 Å². The van der Waals surface area contributed by atoms with Crippen LogP contribution in [0, 0.1) is 0 Å². The Labute approximate surface area is 121 Å². The van der Waals surface area contributed by atoms with Crippen LogP contribution >= 0.6 is 11.3 Å². The average Bonchev–Trinajstić information content (AvgIpc) is 2.98. The molecule has 2 aromatic rings. The van der Waals surface area contributed by atoms with Crippen LogP contribution in [0.15, 0.2) is 35.2 Å². The molecular formula is C14H17N3O2S. The third-order valence-corrected chi connectivity index (χ3v) is 3.25. The van der Waals surface area contributed by atoms with Gasteiger partial charge in [0.05, 0.1) is 11.2 Å². The fourth-order valence-corrected chi connectivity index (χ4v) is 2.23. The zero-order valence-corrected chi connectivity index (χ0v) is 11.9. The molecule has 5 nitrogen and oxygen atoms in total. The number of amides is 1. The lowest BCUT2D eigenvalue weighted by Crippen LogP contribution is -2.12. The first-order chi connectivity index (χ1) is 9.78. The highest BCUT2D eigenvalue weighted by molar-refractivity contribution is 7.07. The SMILES string of the molecule is NCCOc1ccc(NC(=O)CCc2cscn2)cc1. The zero-order chi connectivity index (χ0) is 14.2. The van der Waals surface area contributed by atoms with Crippen molar-refractivity contribution >= 4 is 22.9 Å². The summed E-state index contributed by atoms with van der Waals surface area (Å²) in [4.78, 5) is 15.9. The van der Waals surface area contributed by atoms with Crippen molar-refractivity contribution in [3.8, 4) is 5.75 Å². The molecule has 106 valence electrons. The Kier molecular flexibility index (Phi) is 5.52. The summed E-state index contributed by atoms with van der Waals surface area (Å²) in [5.74, 6) is 0.726. The maximum absolute atomic E-state index is 11.8. The number of thiazole rings is 1. The number of benzene rings is 1. The minimum absolute atomic E-state index is 0.0198. The molecule has 0 bridgehead atoms. The number of nitrogens with two attached hydrogens (primary N) is 1. The lowest BCUT2D eigenvalue weighted by molar-refractivity contribution is -0.116. The summed E-state index contributed by atoms with van der Waals surface area (Å²) in [6, 6.07) is 7.25. The van der Waals surface area contributed by atoms with E-state index in [0.717, 1.165) is 17.1 Å². The molecule has 20 heavy (non-hydrogen) atoms. The van der Waals surface area contributed by atoms with Crippen LogP contribution in [0.2, 0.25) is 0 Å². The number of hydrogen-bond acceptors (Lipinski definition) is 5. The van der Waals surface area contributed by atoms with Crippen molar-refractivity contribution in [3.63, 3.8) is 0 Å². The molecule has 0 fully saturated rings. The maximum Gasteiger partial charge on any atom is 0.224 e. The molecule has 6 heteroatoms. The van der Waals surface area contributed by atoms with Crippen molar-refractivity contribution in [1.82, 2.24) is 4.98 Å². The molecule has 2 rings (SSSR count). The number of nitrogens with zero attached hydrogens (tertiary/aromatic N) is 1. The van der Waals surface area contributed by atoms with E-state index in [-0.39, 0.29) is 5.91 Å². The predicted octanol–water partition coefficient (Wildman–Crippen LogP) is 2.05. The molecule has 0 saturated heterocycles. The first-order valence-electron chi connectivity index (χ1n) is 6.38. The van der Waals surface area contributed by atoms with Gasteiger partial charge in [-0.05, 0) is 30.7 Å². The molecule has 0 saturated carbocycles. The fraction of sp³-hybridized carbons (Fsp3) is 0.286. The quantitative estimate of drug-likeness (QED) is 0.818. The number of carbonyl (C=O) groups is 1. The highest BCUT2D eigenvalue weighted by Gasteiger charge is 2.04.